The molecule has 3 aliphatic rings. The zero-order valence-corrected chi connectivity index (χ0v) is 15.9. The smallest absolute Gasteiger partial charge is 0.244 e. The first-order valence-electron chi connectivity index (χ1n) is 9.27. The van der Waals surface area contributed by atoms with Crippen LogP contribution in [0.2, 0.25) is 5.02 Å². The van der Waals surface area contributed by atoms with E-state index >= 15 is 0 Å². The zero-order chi connectivity index (χ0) is 19.6. The van der Waals surface area contributed by atoms with Crippen LogP contribution in [0.5, 0.6) is 0 Å². The van der Waals surface area contributed by atoms with Crippen molar-refractivity contribution in [2.75, 3.05) is 4.90 Å². The summed E-state index contributed by atoms with van der Waals surface area (Å²) in [5.74, 6) is -1.97. The van der Waals surface area contributed by atoms with E-state index in [1.54, 1.807) is 24.3 Å². The molecule has 140 valence electrons. The highest BCUT2D eigenvalue weighted by Gasteiger charge is 2.67. The Morgan fingerprint density at radius 1 is 1.00 bits per heavy atom. The van der Waals surface area contributed by atoms with Gasteiger partial charge in [0.15, 0.2) is 11.8 Å². The molecule has 5 nitrogen and oxygen atoms in total. The number of anilines is 1. The Morgan fingerprint density at radius 2 is 1.68 bits per heavy atom. The van der Waals surface area contributed by atoms with Gasteiger partial charge in [0, 0.05) is 12.5 Å². The van der Waals surface area contributed by atoms with Gasteiger partial charge in [-0.2, -0.15) is 0 Å². The third-order valence-electron chi connectivity index (χ3n) is 6.15. The first kappa shape index (κ1) is 17.3. The first-order chi connectivity index (χ1) is 13.5. The standard InChI is InChI=1S/C22H17ClN2O3/c1-12(26)19-17-18(20-14-7-3-2-6-13(14)10-11-24(19)20)22(28)25(21(17)27)16-9-5-4-8-15(16)23/h2-11,17-20H,1H3/p+1/t17-,18+,19+,20+/m1/s1. The second-order valence-corrected chi connectivity index (χ2v) is 7.95. The highest BCUT2D eigenvalue weighted by Crippen LogP contribution is 2.45. The third kappa shape index (κ3) is 2.20. The second-order valence-electron chi connectivity index (χ2n) is 7.54. The monoisotopic (exact) mass is 393 g/mol. The van der Waals surface area contributed by atoms with E-state index in [1.807, 2.05) is 36.5 Å². The van der Waals surface area contributed by atoms with Gasteiger partial charge in [-0.3, -0.25) is 19.3 Å². The lowest BCUT2D eigenvalue weighted by atomic mass is 9.84. The van der Waals surface area contributed by atoms with Crippen molar-refractivity contribution in [3.8, 4) is 0 Å². The van der Waals surface area contributed by atoms with Gasteiger partial charge in [-0.15, -0.1) is 0 Å². The molecule has 2 saturated heterocycles. The van der Waals surface area contributed by atoms with Gasteiger partial charge in [-0.05, 0) is 23.8 Å². The quantitative estimate of drug-likeness (QED) is 0.794. The van der Waals surface area contributed by atoms with Gasteiger partial charge in [0.2, 0.25) is 11.8 Å². The Morgan fingerprint density at radius 3 is 2.43 bits per heavy atom. The molecule has 0 radical (unpaired) electrons. The van der Waals surface area contributed by atoms with Gasteiger partial charge in [0.05, 0.1) is 16.9 Å². The molecule has 0 spiro atoms. The van der Waals surface area contributed by atoms with Gasteiger partial charge in [-0.25, -0.2) is 4.90 Å². The number of hydrogen-bond donors (Lipinski definition) is 1. The zero-order valence-electron chi connectivity index (χ0n) is 15.1. The minimum Gasteiger partial charge on any atom is -0.293 e. The van der Waals surface area contributed by atoms with Crippen LogP contribution >= 0.6 is 11.6 Å². The van der Waals surface area contributed by atoms with Crippen molar-refractivity contribution in [1.29, 1.82) is 0 Å². The van der Waals surface area contributed by atoms with E-state index in [1.165, 1.54) is 11.8 Å². The number of benzene rings is 2. The molecule has 0 aromatic heterocycles. The molecule has 0 bridgehead atoms. The number of hydrogen-bond acceptors (Lipinski definition) is 3. The lowest BCUT2D eigenvalue weighted by Crippen LogP contribution is -3.12. The molecule has 28 heavy (non-hydrogen) atoms. The van der Waals surface area contributed by atoms with E-state index in [0.717, 1.165) is 16.0 Å². The van der Waals surface area contributed by atoms with Gasteiger partial charge in [0.25, 0.3) is 0 Å². The van der Waals surface area contributed by atoms with E-state index < -0.39 is 17.9 Å². The Bertz CT molecular complexity index is 1060. The molecule has 5 atom stereocenters. The molecule has 6 heteroatoms. The number of ketones is 1. The molecular formula is C22H18ClN2O3+. The third-order valence-corrected chi connectivity index (χ3v) is 6.47. The van der Waals surface area contributed by atoms with Crippen molar-refractivity contribution >= 4 is 41.0 Å². The minimum atomic E-state index is -0.683. The molecule has 0 aliphatic carbocycles. The summed E-state index contributed by atoms with van der Waals surface area (Å²) in [5.41, 5.74) is 2.41. The maximum Gasteiger partial charge on any atom is 0.244 e. The normalized spacial score (nSPS) is 30.2. The summed E-state index contributed by atoms with van der Waals surface area (Å²) < 4.78 is 0. The van der Waals surface area contributed by atoms with Gasteiger partial charge >= 0.3 is 0 Å². The second kappa shape index (κ2) is 6.12. The number of Topliss-reactive ketones (excluding diaryl/α,β-unsaturated/α-hetero) is 1. The van der Waals surface area contributed by atoms with Crippen molar-refractivity contribution in [3.05, 3.63) is 70.9 Å². The Labute approximate surface area is 167 Å². The predicted molar refractivity (Wildman–Crippen MR) is 105 cm³/mol. The average molecular weight is 394 g/mol. The minimum absolute atomic E-state index is 0.0845. The van der Waals surface area contributed by atoms with E-state index in [9.17, 15) is 14.4 Å². The largest absolute Gasteiger partial charge is 0.293 e. The lowest BCUT2D eigenvalue weighted by molar-refractivity contribution is -0.884. The number of nitrogens with one attached hydrogen (secondary N) is 1. The van der Waals surface area contributed by atoms with Crippen molar-refractivity contribution in [2.24, 2.45) is 11.8 Å². The van der Waals surface area contributed by atoms with Crippen LogP contribution in [0, 0.1) is 11.8 Å². The number of nitrogens with zero attached hydrogens (tertiary/aromatic N) is 1. The highest BCUT2D eigenvalue weighted by molar-refractivity contribution is 6.36. The Hall–Kier alpha value is -2.76. The molecule has 3 heterocycles. The van der Waals surface area contributed by atoms with Crippen molar-refractivity contribution in [1.82, 2.24) is 0 Å². The number of halogens is 1. The number of amides is 2. The van der Waals surface area contributed by atoms with Crippen LogP contribution in [0.25, 0.3) is 6.08 Å². The fraction of sp³-hybridized carbons (Fsp3) is 0.227. The number of para-hydroxylation sites is 1. The number of rotatable bonds is 2. The van der Waals surface area contributed by atoms with E-state index in [-0.39, 0.29) is 23.6 Å². The molecule has 5 rings (SSSR count). The average Bonchev–Trinajstić information content (AvgIpc) is 3.16. The number of carbonyl (C=O) groups is 3. The van der Waals surface area contributed by atoms with Crippen LogP contribution in [0.15, 0.2) is 54.7 Å². The van der Waals surface area contributed by atoms with E-state index in [2.05, 4.69) is 0 Å². The number of fused-ring (bicyclic) bond motifs is 5. The number of imide groups is 1. The SMILES string of the molecule is CC(=O)[C@H]1[C@@H]2C(=O)N(c3ccccc3Cl)C(=O)[C@@H]2[C@@H]2c3ccccc3C=C[NH+]12. The van der Waals surface area contributed by atoms with Crippen molar-refractivity contribution in [2.45, 2.75) is 19.0 Å². The lowest BCUT2D eigenvalue weighted by Gasteiger charge is -2.30. The summed E-state index contributed by atoms with van der Waals surface area (Å²) >= 11 is 6.28. The summed E-state index contributed by atoms with van der Waals surface area (Å²) in [6, 6.07) is 13.8. The van der Waals surface area contributed by atoms with Gasteiger partial charge < -0.3 is 0 Å². The summed E-state index contributed by atoms with van der Waals surface area (Å²) in [4.78, 5) is 41.5. The fourth-order valence-electron chi connectivity index (χ4n) is 5.09. The van der Waals surface area contributed by atoms with Crippen LogP contribution in [-0.4, -0.2) is 23.6 Å². The molecule has 0 saturated carbocycles. The molecule has 3 aliphatic heterocycles. The summed E-state index contributed by atoms with van der Waals surface area (Å²) in [7, 11) is 0. The van der Waals surface area contributed by atoms with E-state index in [0.29, 0.717) is 10.7 Å². The van der Waals surface area contributed by atoms with Gasteiger partial charge in [0.1, 0.15) is 17.9 Å². The highest BCUT2D eigenvalue weighted by atomic mass is 35.5. The molecular weight excluding hydrogens is 376 g/mol. The molecule has 2 aromatic rings. The van der Waals surface area contributed by atoms with Crippen molar-refractivity contribution in [3.63, 3.8) is 0 Å². The maximum absolute atomic E-state index is 13.5. The maximum atomic E-state index is 13.5. The first-order valence-corrected chi connectivity index (χ1v) is 9.65. The topological polar surface area (TPSA) is 58.9 Å². The Balaban J connectivity index is 1.67. The van der Waals surface area contributed by atoms with Crippen molar-refractivity contribution < 1.29 is 19.3 Å². The fourth-order valence-corrected chi connectivity index (χ4v) is 5.31. The van der Waals surface area contributed by atoms with Crippen LogP contribution < -0.4 is 9.80 Å². The van der Waals surface area contributed by atoms with E-state index in [4.69, 9.17) is 11.6 Å². The summed E-state index contributed by atoms with van der Waals surface area (Å²) in [6.07, 6.45) is 3.90. The van der Waals surface area contributed by atoms with Gasteiger partial charge in [-0.1, -0.05) is 48.0 Å². The molecule has 1 N–H and O–H groups in total. The number of carbonyl (C=O) groups excluding carboxylic acids is 3. The molecule has 2 amide bonds. The number of quaternary nitrogens is 1. The van der Waals surface area contributed by atoms with Crippen LogP contribution in [0.1, 0.15) is 24.1 Å². The Kier molecular flexibility index (Phi) is 3.79. The van der Waals surface area contributed by atoms with Crippen LogP contribution in [0.4, 0.5) is 5.69 Å². The summed E-state index contributed by atoms with van der Waals surface area (Å²) in [6.45, 7) is 1.50. The predicted octanol–water partition coefficient (Wildman–Crippen LogP) is 2.03. The molecule has 2 fully saturated rings. The molecule has 2 aromatic carbocycles. The van der Waals surface area contributed by atoms with Crippen LogP contribution in [-0.2, 0) is 14.4 Å². The molecule has 1 unspecified atom stereocenters. The summed E-state index contributed by atoms with van der Waals surface area (Å²) in [5, 5.41) is 0.344. The van der Waals surface area contributed by atoms with Crippen LogP contribution in [0.3, 0.4) is 0 Å².